The first-order chi connectivity index (χ1) is 14.0. The van der Waals surface area contributed by atoms with Crippen LogP contribution in [0.4, 0.5) is 0 Å². The van der Waals surface area contributed by atoms with E-state index in [1.54, 1.807) is 28.0 Å². The van der Waals surface area contributed by atoms with Crippen LogP contribution in [0.25, 0.3) is 0 Å². The molecule has 2 aromatic heterocycles. The minimum absolute atomic E-state index is 0.0202. The van der Waals surface area contributed by atoms with Gasteiger partial charge in [-0.25, -0.2) is 14.5 Å². The van der Waals surface area contributed by atoms with Gasteiger partial charge in [-0.05, 0) is 37.5 Å². The summed E-state index contributed by atoms with van der Waals surface area (Å²) in [5.41, 5.74) is 1.67. The molecule has 3 aromatic rings. The second kappa shape index (κ2) is 8.51. The number of aromatic nitrogens is 4. The summed E-state index contributed by atoms with van der Waals surface area (Å²) in [5.74, 6) is 0.754. The third kappa shape index (κ3) is 4.76. The minimum Gasteiger partial charge on any atom is -0.353 e. The molecule has 1 N–H and O–H groups in total. The Kier molecular flexibility index (Phi) is 5.82. The number of carbonyl (C=O) groups excluding carboxylic acids is 1. The van der Waals surface area contributed by atoms with E-state index in [-0.39, 0.29) is 17.6 Å². The molecule has 0 spiro atoms. The van der Waals surface area contributed by atoms with Crippen molar-refractivity contribution in [3.8, 4) is 0 Å². The zero-order valence-corrected chi connectivity index (χ0v) is 17.7. The number of aryl methyl sites for hydroxylation is 2. The molecule has 0 radical (unpaired) electrons. The van der Waals surface area contributed by atoms with Gasteiger partial charge in [-0.15, -0.1) is 11.3 Å². The van der Waals surface area contributed by atoms with Gasteiger partial charge in [-0.3, -0.25) is 9.36 Å². The van der Waals surface area contributed by atoms with E-state index in [0.717, 1.165) is 28.5 Å². The highest BCUT2D eigenvalue weighted by Crippen LogP contribution is 2.14. The summed E-state index contributed by atoms with van der Waals surface area (Å²) in [6.45, 7) is 2.89. The lowest BCUT2D eigenvalue weighted by atomic mass is 10.1. The van der Waals surface area contributed by atoms with E-state index in [9.17, 15) is 9.59 Å². The van der Waals surface area contributed by atoms with Gasteiger partial charge in [0.1, 0.15) is 5.82 Å². The highest BCUT2D eigenvalue weighted by Gasteiger charge is 2.22. The molecule has 0 fully saturated rings. The van der Waals surface area contributed by atoms with E-state index >= 15 is 0 Å². The number of nitrogens with one attached hydrogen (secondary N) is 1. The Bertz CT molecular complexity index is 1070. The molecular formula is C20H22ClN5O2S. The van der Waals surface area contributed by atoms with Crippen molar-refractivity contribution < 1.29 is 4.79 Å². The first-order valence-electron chi connectivity index (χ1n) is 9.59. The minimum atomic E-state index is -0.112. The quantitative estimate of drug-likeness (QED) is 0.673. The van der Waals surface area contributed by atoms with Crippen LogP contribution in [-0.4, -0.2) is 31.3 Å². The van der Waals surface area contributed by atoms with Gasteiger partial charge < -0.3 is 5.32 Å². The lowest BCUT2D eigenvalue weighted by Crippen LogP contribution is -2.36. The van der Waals surface area contributed by atoms with Gasteiger partial charge in [0.25, 0.3) is 0 Å². The average molecular weight is 432 g/mol. The van der Waals surface area contributed by atoms with Crippen LogP contribution in [0.15, 0.2) is 34.4 Å². The zero-order chi connectivity index (χ0) is 20.4. The Labute approximate surface area is 177 Å². The number of fused-ring (bicyclic) bond motifs is 1. The standard InChI is InChI=1S/C20H22ClN5O2S/c1-13-22-17(12-29-13)11-26-20(28)25-9-8-16(6-7-18(25)24-26)23-19(27)10-14-2-4-15(21)5-3-14/h2-5,12,16H,6-11H2,1H3,(H,23,27). The number of hydrogen-bond acceptors (Lipinski definition) is 5. The average Bonchev–Trinajstić information content (AvgIpc) is 3.15. The number of carbonyl (C=O) groups is 1. The van der Waals surface area contributed by atoms with E-state index in [2.05, 4.69) is 15.4 Å². The molecule has 152 valence electrons. The lowest BCUT2D eigenvalue weighted by Gasteiger charge is -2.16. The van der Waals surface area contributed by atoms with Gasteiger partial charge in [0, 0.05) is 29.4 Å². The van der Waals surface area contributed by atoms with E-state index in [1.165, 1.54) is 4.68 Å². The summed E-state index contributed by atoms with van der Waals surface area (Å²) in [4.78, 5) is 29.5. The Hall–Kier alpha value is -2.45. The SMILES string of the molecule is Cc1nc(Cn2nc3n(c2=O)CCC(NC(=O)Cc2ccc(Cl)cc2)CC3)cs1. The summed E-state index contributed by atoms with van der Waals surface area (Å²) in [6.07, 6.45) is 2.45. The van der Waals surface area contributed by atoms with E-state index in [1.807, 2.05) is 24.4 Å². The van der Waals surface area contributed by atoms with Crippen LogP contribution in [0.2, 0.25) is 5.02 Å². The monoisotopic (exact) mass is 431 g/mol. The summed E-state index contributed by atoms with van der Waals surface area (Å²) in [6, 6.07) is 7.32. The molecule has 3 heterocycles. The van der Waals surface area contributed by atoms with Crippen LogP contribution in [0.5, 0.6) is 0 Å². The van der Waals surface area contributed by atoms with Gasteiger partial charge in [-0.1, -0.05) is 23.7 Å². The Morgan fingerprint density at radius 2 is 2.10 bits per heavy atom. The first kappa shape index (κ1) is 19.8. The number of amides is 1. The molecule has 9 heteroatoms. The van der Waals surface area contributed by atoms with Gasteiger partial charge in [0.2, 0.25) is 5.91 Å². The Morgan fingerprint density at radius 3 is 2.83 bits per heavy atom. The molecule has 0 saturated carbocycles. The van der Waals surface area contributed by atoms with Crippen molar-refractivity contribution in [1.82, 2.24) is 24.6 Å². The molecular weight excluding hydrogens is 410 g/mol. The van der Waals surface area contributed by atoms with Gasteiger partial charge >= 0.3 is 5.69 Å². The number of hydrogen-bond donors (Lipinski definition) is 1. The van der Waals surface area contributed by atoms with Crippen LogP contribution in [-0.2, 0) is 30.7 Å². The van der Waals surface area contributed by atoms with Crippen molar-refractivity contribution in [1.29, 1.82) is 0 Å². The molecule has 1 amide bonds. The van der Waals surface area contributed by atoms with Crippen molar-refractivity contribution in [3.05, 3.63) is 67.2 Å². The topological polar surface area (TPSA) is 81.8 Å². The molecule has 29 heavy (non-hydrogen) atoms. The smallest absolute Gasteiger partial charge is 0.346 e. The normalized spacial score (nSPS) is 16.3. The second-order valence-corrected chi connectivity index (χ2v) is 8.76. The van der Waals surface area contributed by atoms with Crippen molar-refractivity contribution in [2.75, 3.05) is 0 Å². The van der Waals surface area contributed by atoms with Crippen LogP contribution >= 0.6 is 22.9 Å². The van der Waals surface area contributed by atoms with Crippen LogP contribution in [0, 0.1) is 6.92 Å². The molecule has 1 atom stereocenters. The molecule has 1 aromatic carbocycles. The number of rotatable bonds is 5. The molecule has 0 aliphatic carbocycles. The first-order valence-corrected chi connectivity index (χ1v) is 10.8. The van der Waals surface area contributed by atoms with E-state index < -0.39 is 0 Å². The predicted molar refractivity (Wildman–Crippen MR) is 112 cm³/mol. The molecule has 1 unspecified atom stereocenters. The second-order valence-electron chi connectivity index (χ2n) is 7.26. The molecule has 0 saturated heterocycles. The maximum Gasteiger partial charge on any atom is 0.346 e. The number of halogens is 1. The van der Waals surface area contributed by atoms with Gasteiger partial charge in [-0.2, -0.15) is 5.10 Å². The Balaban J connectivity index is 1.36. The third-order valence-electron chi connectivity index (χ3n) is 5.04. The fourth-order valence-electron chi connectivity index (χ4n) is 3.58. The van der Waals surface area contributed by atoms with Crippen molar-refractivity contribution in [2.45, 2.75) is 51.7 Å². The van der Waals surface area contributed by atoms with Crippen molar-refractivity contribution in [3.63, 3.8) is 0 Å². The summed E-state index contributed by atoms with van der Waals surface area (Å²) >= 11 is 7.45. The van der Waals surface area contributed by atoms with Crippen LogP contribution in [0.3, 0.4) is 0 Å². The zero-order valence-electron chi connectivity index (χ0n) is 16.1. The van der Waals surface area contributed by atoms with Crippen molar-refractivity contribution >= 4 is 28.8 Å². The molecule has 4 rings (SSSR count). The number of nitrogens with zero attached hydrogens (tertiary/aromatic N) is 4. The number of benzene rings is 1. The van der Waals surface area contributed by atoms with Gasteiger partial charge in [0.15, 0.2) is 0 Å². The summed E-state index contributed by atoms with van der Waals surface area (Å²) < 4.78 is 3.22. The summed E-state index contributed by atoms with van der Waals surface area (Å²) in [5, 5.41) is 11.2. The highest BCUT2D eigenvalue weighted by molar-refractivity contribution is 7.09. The van der Waals surface area contributed by atoms with E-state index in [0.29, 0.717) is 37.4 Å². The van der Waals surface area contributed by atoms with E-state index in [4.69, 9.17) is 11.6 Å². The fraction of sp³-hybridized carbons (Fsp3) is 0.400. The van der Waals surface area contributed by atoms with Crippen LogP contribution < -0.4 is 11.0 Å². The largest absolute Gasteiger partial charge is 0.353 e. The number of thiazole rings is 1. The molecule has 1 aliphatic heterocycles. The maximum atomic E-state index is 12.7. The maximum absolute atomic E-state index is 12.7. The third-order valence-corrected chi connectivity index (χ3v) is 6.11. The highest BCUT2D eigenvalue weighted by atomic mass is 35.5. The Morgan fingerprint density at radius 1 is 1.31 bits per heavy atom. The summed E-state index contributed by atoms with van der Waals surface area (Å²) in [7, 11) is 0. The predicted octanol–water partition coefficient (Wildman–Crippen LogP) is 2.58. The molecule has 1 aliphatic rings. The molecule has 0 bridgehead atoms. The van der Waals surface area contributed by atoms with Gasteiger partial charge in [0.05, 0.1) is 23.7 Å². The fourth-order valence-corrected chi connectivity index (χ4v) is 4.31. The van der Waals surface area contributed by atoms with Crippen LogP contribution in [0.1, 0.15) is 34.9 Å². The lowest BCUT2D eigenvalue weighted by molar-refractivity contribution is -0.121. The van der Waals surface area contributed by atoms with Crippen molar-refractivity contribution in [2.24, 2.45) is 0 Å². The molecule has 7 nitrogen and oxygen atoms in total.